The van der Waals surface area contributed by atoms with Crippen LogP contribution in [0, 0.1) is 0 Å². The Balaban J connectivity index is 2.77. The molecule has 1 amide bonds. The van der Waals surface area contributed by atoms with Crippen molar-refractivity contribution in [2.75, 3.05) is 17.7 Å². The number of benzene rings is 1. The molecule has 1 rings (SSSR count). The van der Waals surface area contributed by atoms with Crippen LogP contribution >= 0.6 is 11.6 Å². The molecular weight excluding hydrogens is 269 g/mol. The van der Waals surface area contributed by atoms with E-state index in [1.54, 1.807) is 0 Å². The fraction of sp³-hybridized carbons (Fsp3) is 0.364. The molecule has 0 spiro atoms. The minimum absolute atomic E-state index is 0.280. The van der Waals surface area contributed by atoms with Gasteiger partial charge >= 0.3 is 6.18 Å². The van der Waals surface area contributed by atoms with Crippen molar-refractivity contribution < 1.29 is 18.0 Å². The summed E-state index contributed by atoms with van der Waals surface area (Å²) in [7, 11) is 1.36. The number of alkyl halides is 3. The fourth-order valence-electron chi connectivity index (χ4n) is 1.36. The molecule has 0 bridgehead atoms. The SMILES string of the molecule is CN(C(=O)CCC(F)(F)F)c1cc(Cl)ccc1N. The van der Waals surface area contributed by atoms with Crippen LogP contribution in [0.2, 0.25) is 5.02 Å². The van der Waals surface area contributed by atoms with Gasteiger partial charge in [0.05, 0.1) is 17.8 Å². The van der Waals surface area contributed by atoms with Gasteiger partial charge in [-0.25, -0.2) is 0 Å². The molecule has 0 atom stereocenters. The molecule has 0 unspecified atom stereocenters. The van der Waals surface area contributed by atoms with Crippen LogP contribution in [0.3, 0.4) is 0 Å². The molecule has 0 aliphatic carbocycles. The van der Waals surface area contributed by atoms with Crippen molar-refractivity contribution in [3.63, 3.8) is 0 Å². The smallest absolute Gasteiger partial charge is 0.389 e. The first-order valence-electron chi connectivity index (χ1n) is 5.09. The largest absolute Gasteiger partial charge is 0.397 e. The maximum atomic E-state index is 12.0. The Morgan fingerprint density at radius 3 is 2.61 bits per heavy atom. The lowest BCUT2D eigenvalue weighted by Crippen LogP contribution is -2.28. The summed E-state index contributed by atoms with van der Waals surface area (Å²) in [5.41, 5.74) is 6.22. The highest BCUT2D eigenvalue weighted by atomic mass is 35.5. The van der Waals surface area contributed by atoms with Gasteiger partial charge in [0.1, 0.15) is 0 Å². The predicted molar refractivity (Wildman–Crippen MR) is 64.6 cm³/mol. The second-order valence-corrected chi connectivity index (χ2v) is 4.21. The number of carbonyl (C=O) groups is 1. The zero-order chi connectivity index (χ0) is 13.9. The predicted octanol–water partition coefficient (Wildman–Crippen LogP) is 3.23. The van der Waals surface area contributed by atoms with Crippen LogP contribution in [-0.4, -0.2) is 19.1 Å². The monoisotopic (exact) mass is 280 g/mol. The first-order valence-corrected chi connectivity index (χ1v) is 5.47. The van der Waals surface area contributed by atoms with Crippen molar-refractivity contribution in [1.82, 2.24) is 0 Å². The Kier molecular flexibility index (Phi) is 4.45. The van der Waals surface area contributed by atoms with Crippen LogP contribution in [0.4, 0.5) is 24.5 Å². The summed E-state index contributed by atoms with van der Waals surface area (Å²) in [4.78, 5) is 12.7. The van der Waals surface area contributed by atoms with Gasteiger partial charge in [-0.05, 0) is 18.2 Å². The number of nitrogens with zero attached hydrogens (tertiary/aromatic N) is 1. The number of carbonyl (C=O) groups excluding carboxylic acids is 1. The highest BCUT2D eigenvalue weighted by Gasteiger charge is 2.29. The lowest BCUT2D eigenvalue weighted by atomic mass is 10.2. The van der Waals surface area contributed by atoms with Crippen molar-refractivity contribution in [3.8, 4) is 0 Å². The van der Waals surface area contributed by atoms with E-state index in [9.17, 15) is 18.0 Å². The second kappa shape index (κ2) is 5.48. The summed E-state index contributed by atoms with van der Waals surface area (Å²) < 4.78 is 36.0. The molecule has 0 aliphatic heterocycles. The number of nitrogens with two attached hydrogens (primary N) is 1. The minimum atomic E-state index is -4.35. The number of hydrogen-bond acceptors (Lipinski definition) is 2. The van der Waals surface area contributed by atoms with Crippen molar-refractivity contribution in [3.05, 3.63) is 23.2 Å². The molecule has 0 aliphatic rings. The normalized spacial score (nSPS) is 11.4. The molecule has 1 aromatic carbocycles. The summed E-state index contributed by atoms with van der Waals surface area (Å²) in [6.07, 6.45) is -6.13. The number of amides is 1. The van der Waals surface area contributed by atoms with Gasteiger partial charge in [0, 0.05) is 18.5 Å². The molecule has 0 heterocycles. The standard InChI is InChI=1S/C11H12ClF3N2O/c1-17(10(18)4-5-11(13,14)15)9-6-7(12)2-3-8(9)16/h2-3,6H,4-5,16H2,1H3. The van der Waals surface area contributed by atoms with Crippen LogP contribution < -0.4 is 10.6 Å². The first kappa shape index (κ1) is 14.6. The van der Waals surface area contributed by atoms with Crippen molar-refractivity contribution in [2.24, 2.45) is 0 Å². The summed E-state index contributed by atoms with van der Waals surface area (Å²) in [6, 6.07) is 4.46. The van der Waals surface area contributed by atoms with E-state index in [-0.39, 0.29) is 5.69 Å². The fourth-order valence-corrected chi connectivity index (χ4v) is 1.52. The maximum Gasteiger partial charge on any atom is 0.389 e. The second-order valence-electron chi connectivity index (χ2n) is 3.77. The highest BCUT2D eigenvalue weighted by molar-refractivity contribution is 6.31. The zero-order valence-electron chi connectivity index (χ0n) is 9.59. The summed E-state index contributed by atoms with van der Waals surface area (Å²) in [6.45, 7) is 0. The Morgan fingerprint density at radius 2 is 2.06 bits per heavy atom. The molecule has 0 fully saturated rings. The molecule has 0 radical (unpaired) electrons. The van der Waals surface area contributed by atoms with Crippen LogP contribution in [0.5, 0.6) is 0 Å². The average molecular weight is 281 g/mol. The van der Waals surface area contributed by atoms with Crippen LogP contribution in [0.15, 0.2) is 18.2 Å². The Bertz CT molecular complexity index is 448. The van der Waals surface area contributed by atoms with Gasteiger partial charge in [-0.2, -0.15) is 13.2 Å². The van der Waals surface area contributed by atoms with Gasteiger partial charge in [-0.3, -0.25) is 4.79 Å². The lowest BCUT2D eigenvalue weighted by molar-refractivity contribution is -0.142. The lowest BCUT2D eigenvalue weighted by Gasteiger charge is -2.19. The molecule has 3 nitrogen and oxygen atoms in total. The van der Waals surface area contributed by atoms with E-state index in [0.717, 1.165) is 4.90 Å². The number of nitrogen functional groups attached to an aromatic ring is 1. The Labute approximate surface area is 107 Å². The van der Waals surface area contributed by atoms with Crippen molar-refractivity contribution in [1.29, 1.82) is 0 Å². The van der Waals surface area contributed by atoms with E-state index in [0.29, 0.717) is 10.7 Å². The maximum absolute atomic E-state index is 12.0. The summed E-state index contributed by atoms with van der Waals surface area (Å²) in [5.74, 6) is -0.665. The number of halogens is 4. The third kappa shape index (κ3) is 4.10. The van der Waals surface area contributed by atoms with Gasteiger partial charge in [-0.1, -0.05) is 11.6 Å². The molecule has 18 heavy (non-hydrogen) atoms. The molecule has 1 aromatic rings. The van der Waals surface area contributed by atoms with E-state index < -0.39 is 24.9 Å². The zero-order valence-corrected chi connectivity index (χ0v) is 10.3. The minimum Gasteiger partial charge on any atom is -0.397 e. The average Bonchev–Trinajstić information content (AvgIpc) is 2.27. The van der Waals surface area contributed by atoms with Gasteiger partial charge < -0.3 is 10.6 Å². The summed E-state index contributed by atoms with van der Waals surface area (Å²) in [5, 5.41) is 0.356. The molecule has 0 saturated heterocycles. The van der Waals surface area contributed by atoms with Gasteiger partial charge in [-0.15, -0.1) is 0 Å². The van der Waals surface area contributed by atoms with Crippen LogP contribution in [0.1, 0.15) is 12.8 Å². The van der Waals surface area contributed by atoms with E-state index >= 15 is 0 Å². The molecule has 2 N–H and O–H groups in total. The molecule has 100 valence electrons. The van der Waals surface area contributed by atoms with E-state index in [4.69, 9.17) is 17.3 Å². The Morgan fingerprint density at radius 1 is 1.44 bits per heavy atom. The topological polar surface area (TPSA) is 46.3 Å². The highest BCUT2D eigenvalue weighted by Crippen LogP contribution is 2.28. The van der Waals surface area contributed by atoms with E-state index in [1.807, 2.05) is 0 Å². The third-order valence-electron chi connectivity index (χ3n) is 2.35. The van der Waals surface area contributed by atoms with Gasteiger partial charge in [0.2, 0.25) is 5.91 Å². The molecule has 0 aromatic heterocycles. The number of hydrogen-bond donors (Lipinski definition) is 1. The van der Waals surface area contributed by atoms with Crippen molar-refractivity contribution in [2.45, 2.75) is 19.0 Å². The molecular formula is C11H12ClF3N2O. The quantitative estimate of drug-likeness (QED) is 0.864. The third-order valence-corrected chi connectivity index (χ3v) is 2.59. The molecule has 7 heteroatoms. The number of rotatable bonds is 3. The van der Waals surface area contributed by atoms with Crippen LogP contribution in [0.25, 0.3) is 0 Å². The first-order chi connectivity index (χ1) is 8.20. The van der Waals surface area contributed by atoms with Crippen LogP contribution in [-0.2, 0) is 4.79 Å². The number of anilines is 2. The Hall–Kier alpha value is -1.43. The van der Waals surface area contributed by atoms with Gasteiger partial charge in [0.25, 0.3) is 0 Å². The van der Waals surface area contributed by atoms with E-state index in [1.165, 1.54) is 25.2 Å². The van der Waals surface area contributed by atoms with E-state index in [2.05, 4.69) is 0 Å². The van der Waals surface area contributed by atoms with Gasteiger partial charge in [0.15, 0.2) is 0 Å². The summed E-state index contributed by atoms with van der Waals surface area (Å²) >= 11 is 5.74. The van der Waals surface area contributed by atoms with Crippen molar-refractivity contribution >= 4 is 28.9 Å². The molecule has 0 saturated carbocycles.